The van der Waals surface area contributed by atoms with E-state index in [4.69, 9.17) is 4.98 Å². The molecule has 5 rings (SSSR count). The maximum absolute atomic E-state index is 12.7. The molecule has 0 bridgehead atoms. The van der Waals surface area contributed by atoms with Crippen LogP contribution in [0.25, 0.3) is 11.0 Å². The molecule has 1 aromatic carbocycles. The summed E-state index contributed by atoms with van der Waals surface area (Å²) in [6.07, 6.45) is 7.48. The van der Waals surface area contributed by atoms with Gasteiger partial charge in [-0.3, -0.25) is 9.36 Å². The molecule has 3 heterocycles. The van der Waals surface area contributed by atoms with Crippen molar-refractivity contribution >= 4 is 28.4 Å². The van der Waals surface area contributed by atoms with E-state index in [1.807, 2.05) is 10.6 Å². The summed E-state index contributed by atoms with van der Waals surface area (Å²) >= 11 is 0. The van der Waals surface area contributed by atoms with Crippen molar-refractivity contribution in [3.8, 4) is 0 Å². The van der Waals surface area contributed by atoms with Crippen molar-refractivity contribution in [1.29, 1.82) is 0 Å². The Kier molecular flexibility index (Phi) is 5.36. The minimum atomic E-state index is 0.0272. The van der Waals surface area contributed by atoms with Gasteiger partial charge in [0.05, 0.1) is 0 Å². The molecule has 2 fully saturated rings. The number of pyridine rings is 1. The van der Waals surface area contributed by atoms with Crippen molar-refractivity contribution in [2.24, 2.45) is 0 Å². The number of piperazine rings is 1. The smallest absolute Gasteiger partial charge is 0.252 e. The molecule has 1 saturated carbocycles. The van der Waals surface area contributed by atoms with E-state index in [-0.39, 0.29) is 11.6 Å². The van der Waals surface area contributed by atoms with Gasteiger partial charge in [-0.05, 0) is 43.2 Å². The molecular weight excluding hydrogens is 376 g/mol. The lowest BCUT2D eigenvalue weighted by Crippen LogP contribution is -2.43. The molecule has 3 aromatic rings. The molecule has 7 nitrogen and oxygen atoms in total. The Morgan fingerprint density at radius 3 is 2.50 bits per heavy atom. The highest BCUT2D eigenvalue weighted by atomic mass is 16.1. The standard InChI is InChI=1S/C23H28N6O/c30-21-11-6-17-16-25-23(27-22(17)29(21)20-4-2-1-3-5-20)26-18-7-9-19(10-8-18)28-14-12-24-13-15-28/h6-11,16,20,24H,1-5,12-15H2,(H,25,26,27). The van der Waals surface area contributed by atoms with E-state index < -0.39 is 0 Å². The number of nitrogens with zero attached hydrogens (tertiary/aromatic N) is 4. The second-order valence-electron chi connectivity index (χ2n) is 8.21. The Labute approximate surface area is 176 Å². The summed E-state index contributed by atoms with van der Waals surface area (Å²) in [5.41, 5.74) is 2.92. The fraction of sp³-hybridized carbons (Fsp3) is 0.435. The van der Waals surface area contributed by atoms with Crippen LogP contribution < -0.4 is 21.1 Å². The number of fused-ring (bicyclic) bond motifs is 1. The van der Waals surface area contributed by atoms with Crippen LogP contribution in [-0.2, 0) is 0 Å². The van der Waals surface area contributed by atoms with Crippen LogP contribution in [0.1, 0.15) is 38.1 Å². The van der Waals surface area contributed by atoms with E-state index in [1.54, 1.807) is 12.3 Å². The second kappa shape index (κ2) is 8.44. The van der Waals surface area contributed by atoms with Crippen LogP contribution in [0.2, 0.25) is 0 Å². The van der Waals surface area contributed by atoms with Gasteiger partial charge in [-0.25, -0.2) is 4.98 Å². The molecule has 0 unspecified atom stereocenters. The van der Waals surface area contributed by atoms with Crippen molar-refractivity contribution in [1.82, 2.24) is 19.9 Å². The first-order valence-corrected chi connectivity index (χ1v) is 11.0. The van der Waals surface area contributed by atoms with Crippen LogP contribution in [0.5, 0.6) is 0 Å². The van der Waals surface area contributed by atoms with Gasteiger partial charge < -0.3 is 15.5 Å². The van der Waals surface area contributed by atoms with Crippen LogP contribution in [0.15, 0.2) is 47.4 Å². The summed E-state index contributed by atoms with van der Waals surface area (Å²) in [6.45, 7) is 4.10. The lowest BCUT2D eigenvalue weighted by Gasteiger charge is -2.29. The molecular formula is C23H28N6O. The van der Waals surface area contributed by atoms with Gasteiger partial charge in [-0.1, -0.05) is 19.3 Å². The van der Waals surface area contributed by atoms with Crippen LogP contribution in [0.4, 0.5) is 17.3 Å². The summed E-state index contributed by atoms with van der Waals surface area (Å²) in [4.78, 5) is 24.3. The third-order valence-corrected chi connectivity index (χ3v) is 6.21. The quantitative estimate of drug-likeness (QED) is 0.694. The summed E-state index contributed by atoms with van der Waals surface area (Å²) in [7, 11) is 0. The second-order valence-corrected chi connectivity index (χ2v) is 8.21. The van der Waals surface area contributed by atoms with Crippen molar-refractivity contribution in [3.63, 3.8) is 0 Å². The molecule has 0 atom stereocenters. The molecule has 0 radical (unpaired) electrons. The summed E-state index contributed by atoms with van der Waals surface area (Å²) in [5.74, 6) is 0.521. The molecule has 2 aliphatic rings. The van der Waals surface area contributed by atoms with Gasteiger partial charge in [-0.15, -0.1) is 0 Å². The number of hydrogen-bond acceptors (Lipinski definition) is 6. The molecule has 0 spiro atoms. The zero-order valence-electron chi connectivity index (χ0n) is 17.2. The molecule has 1 saturated heterocycles. The maximum Gasteiger partial charge on any atom is 0.252 e. The number of hydrogen-bond donors (Lipinski definition) is 2. The zero-order valence-corrected chi connectivity index (χ0v) is 17.2. The number of benzene rings is 1. The molecule has 7 heteroatoms. The topological polar surface area (TPSA) is 75.1 Å². The van der Waals surface area contributed by atoms with E-state index in [9.17, 15) is 4.79 Å². The van der Waals surface area contributed by atoms with Crippen LogP contribution in [-0.4, -0.2) is 40.7 Å². The molecule has 0 amide bonds. The highest BCUT2D eigenvalue weighted by Gasteiger charge is 2.19. The molecule has 1 aliphatic carbocycles. The average molecular weight is 405 g/mol. The Morgan fingerprint density at radius 1 is 0.967 bits per heavy atom. The fourth-order valence-electron chi connectivity index (χ4n) is 4.60. The lowest BCUT2D eigenvalue weighted by molar-refractivity contribution is 0.353. The van der Waals surface area contributed by atoms with E-state index >= 15 is 0 Å². The van der Waals surface area contributed by atoms with Gasteiger partial charge in [0, 0.05) is 61.2 Å². The Hall–Kier alpha value is -2.93. The predicted octanol–water partition coefficient (Wildman–Crippen LogP) is 3.45. The first-order valence-electron chi connectivity index (χ1n) is 11.0. The largest absolute Gasteiger partial charge is 0.369 e. The van der Waals surface area contributed by atoms with Crippen LogP contribution >= 0.6 is 0 Å². The summed E-state index contributed by atoms with van der Waals surface area (Å²) in [5, 5.41) is 7.59. The van der Waals surface area contributed by atoms with Crippen molar-refractivity contribution in [2.75, 3.05) is 36.4 Å². The number of rotatable bonds is 4. The molecule has 30 heavy (non-hydrogen) atoms. The molecule has 1 aliphatic heterocycles. The lowest BCUT2D eigenvalue weighted by atomic mass is 9.95. The Balaban J connectivity index is 1.41. The van der Waals surface area contributed by atoms with Crippen molar-refractivity contribution in [2.45, 2.75) is 38.1 Å². The fourth-order valence-corrected chi connectivity index (χ4v) is 4.60. The van der Waals surface area contributed by atoms with E-state index in [0.29, 0.717) is 5.95 Å². The van der Waals surface area contributed by atoms with Gasteiger partial charge in [-0.2, -0.15) is 4.98 Å². The van der Waals surface area contributed by atoms with Crippen LogP contribution in [0, 0.1) is 0 Å². The van der Waals surface area contributed by atoms with Crippen molar-refractivity contribution in [3.05, 3.63) is 52.9 Å². The normalized spacial score (nSPS) is 17.9. The van der Waals surface area contributed by atoms with E-state index in [1.165, 1.54) is 24.9 Å². The van der Waals surface area contributed by atoms with E-state index in [2.05, 4.69) is 44.8 Å². The van der Waals surface area contributed by atoms with Crippen LogP contribution in [0.3, 0.4) is 0 Å². The van der Waals surface area contributed by atoms with Gasteiger partial charge >= 0.3 is 0 Å². The molecule has 2 aromatic heterocycles. The third kappa shape index (κ3) is 3.89. The minimum absolute atomic E-state index is 0.0272. The minimum Gasteiger partial charge on any atom is -0.369 e. The zero-order chi connectivity index (χ0) is 20.3. The summed E-state index contributed by atoms with van der Waals surface area (Å²) < 4.78 is 1.88. The van der Waals surface area contributed by atoms with Gasteiger partial charge in [0.2, 0.25) is 5.95 Å². The Bertz CT molecular complexity index is 1070. The highest BCUT2D eigenvalue weighted by molar-refractivity contribution is 5.76. The maximum atomic E-state index is 12.7. The molecule has 2 N–H and O–H groups in total. The number of nitrogens with one attached hydrogen (secondary N) is 2. The first-order chi connectivity index (χ1) is 14.8. The predicted molar refractivity (Wildman–Crippen MR) is 121 cm³/mol. The first kappa shape index (κ1) is 19.1. The average Bonchev–Trinajstić information content (AvgIpc) is 2.80. The number of aromatic nitrogens is 3. The van der Waals surface area contributed by atoms with Gasteiger partial charge in [0.15, 0.2) is 0 Å². The SMILES string of the molecule is O=c1ccc2cnc(Nc3ccc(N4CCNCC4)cc3)nc2n1C1CCCCC1. The van der Waals surface area contributed by atoms with E-state index in [0.717, 1.165) is 55.7 Å². The number of anilines is 3. The van der Waals surface area contributed by atoms with Gasteiger partial charge in [0.25, 0.3) is 5.56 Å². The monoisotopic (exact) mass is 404 g/mol. The Morgan fingerprint density at radius 2 is 1.73 bits per heavy atom. The van der Waals surface area contributed by atoms with Gasteiger partial charge in [0.1, 0.15) is 5.65 Å². The third-order valence-electron chi connectivity index (χ3n) is 6.21. The molecule has 156 valence electrons. The summed E-state index contributed by atoms with van der Waals surface area (Å²) in [6, 6.07) is 12.1. The van der Waals surface area contributed by atoms with Crippen molar-refractivity contribution < 1.29 is 0 Å². The highest BCUT2D eigenvalue weighted by Crippen LogP contribution is 2.29.